The molecule has 1 aliphatic heterocycles. The molecule has 13 heavy (non-hydrogen) atoms. The van der Waals surface area contributed by atoms with E-state index in [1.807, 2.05) is 23.5 Å². The van der Waals surface area contributed by atoms with Gasteiger partial charge in [-0.3, -0.25) is 9.51 Å². The number of nitrogens with one attached hydrogen (secondary N) is 1. The summed E-state index contributed by atoms with van der Waals surface area (Å²) in [6.45, 7) is 2.15. The topological polar surface area (TPSA) is 58.9 Å². The van der Waals surface area contributed by atoms with Gasteiger partial charge in [-0.2, -0.15) is 11.8 Å². The highest BCUT2D eigenvalue weighted by molar-refractivity contribution is 8.06. The van der Waals surface area contributed by atoms with Gasteiger partial charge >= 0.3 is 5.76 Å². The fourth-order valence-corrected chi connectivity index (χ4v) is 4.00. The highest BCUT2D eigenvalue weighted by Crippen LogP contribution is 2.40. The maximum Gasteiger partial charge on any atom is 0.438 e. The Balaban J connectivity index is 2.19. The summed E-state index contributed by atoms with van der Waals surface area (Å²) in [5.74, 6) is 2.49. The minimum absolute atomic E-state index is 0.269. The molecule has 0 aliphatic carbocycles. The van der Waals surface area contributed by atoms with Gasteiger partial charge in [-0.15, -0.1) is 11.8 Å². The second-order valence-electron chi connectivity index (χ2n) is 2.85. The molecule has 6 heteroatoms. The molecule has 2 atom stereocenters. The lowest BCUT2D eigenvalue weighted by Crippen LogP contribution is -2.17. The van der Waals surface area contributed by atoms with Crippen LogP contribution in [-0.2, 0) is 0 Å². The van der Waals surface area contributed by atoms with Gasteiger partial charge in [0.25, 0.3) is 0 Å². The average molecular weight is 218 g/mol. The van der Waals surface area contributed by atoms with E-state index in [9.17, 15) is 4.79 Å². The Labute approximate surface area is 83.8 Å². The first-order valence-electron chi connectivity index (χ1n) is 4.06. The molecule has 2 rings (SSSR count). The number of H-pyrrole nitrogens is 1. The fourth-order valence-electron chi connectivity index (χ4n) is 1.30. The summed E-state index contributed by atoms with van der Waals surface area (Å²) in [6, 6.07) is 0. The molecule has 2 heterocycles. The van der Waals surface area contributed by atoms with Gasteiger partial charge in [0.2, 0.25) is 0 Å². The van der Waals surface area contributed by atoms with Gasteiger partial charge in [-0.05, 0) is 0 Å². The van der Waals surface area contributed by atoms with Crippen molar-refractivity contribution in [1.29, 1.82) is 0 Å². The van der Waals surface area contributed by atoms with Crippen LogP contribution in [0.3, 0.4) is 0 Å². The van der Waals surface area contributed by atoms with E-state index in [0.29, 0.717) is 11.1 Å². The van der Waals surface area contributed by atoms with Crippen molar-refractivity contribution >= 4 is 23.5 Å². The summed E-state index contributed by atoms with van der Waals surface area (Å²) < 4.78 is 4.48. The van der Waals surface area contributed by atoms with Gasteiger partial charge < -0.3 is 0 Å². The summed E-state index contributed by atoms with van der Waals surface area (Å²) in [5.41, 5.74) is 0. The normalized spacial score (nSPS) is 29.0. The van der Waals surface area contributed by atoms with Gasteiger partial charge in [-0.1, -0.05) is 12.1 Å². The molecular weight excluding hydrogens is 208 g/mol. The van der Waals surface area contributed by atoms with Crippen molar-refractivity contribution in [3.05, 3.63) is 16.4 Å². The number of hydrogen-bond donors (Lipinski definition) is 1. The zero-order valence-electron chi connectivity index (χ0n) is 7.15. The molecule has 0 aromatic carbocycles. The molecule has 4 nitrogen and oxygen atoms in total. The monoisotopic (exact) mass is 218 g/mol. The van der Waals surface area contributed by atoms with Gasteiger partial charge in [0, 0.05) is 16.8 Å². The number of rotatable bonds is 1. The van der Waals surface area contributed by atoms with Crippen LogP contribution < -0.4 is 5.76 Å². The lowest BCUT2D eigenvalue weighted by molar-refractivity contribution is 0.381. The van der Waals surface area contributed by atoms with E-state index in [1.165, 1.54) is 5.75 Å². The van der Waals surface area contributed by atoms with Gasteiger partial charge in [-0.25, -0.2) is 4.79 Å². The second kappa shape index (κ2) is 3.79. The minimum atomic E-state index is -0.460. The SMILES string of the molecule is CC1SCCSC1c1noc(=O)[nH]1. The maximum atomic E-state index is 10.7. The van der Waals surface area contributed by atoms with Gasteiger partial charge in [0.15, 0.2) is 5.82 Å². The molecular formula is C7H10N2O2S2. The number of aromatic amines is 1. The van der Waals surface area contributed by atoms with Gasteiger partial charge in [0.05, 0.1) is 5.25 Å². The van der Waals surface area contributed by atoms with Crippen molar-refractivity contribution in [2.75, 3.05) is 11.5 Å². The maximum absolute atomic E-state index is 10.7. The molecule has 1 aromatic rings. The highest BCUT2D eigenvalue weighted by atomic mass is 32.2. The summed E-state index contributed by atoms with van der Waals surface area (Å²) in [6.07, 6.45) is 0. The number of hydrogen-bond acceptors (Lipinski definition) is 5. The number of nitrogens with zero attached hydrogens (tertiary/aromatic N) is 1. The molecule has 0 bridgehead atoms. The Morgan fingerprint density at radius 3 is 2.92 bits per heavy atom. The first-order valence-corrected chi connectivity index (χ1v) is 6.16. The molecule has 0 saturated carbocycles. The molecule has 1 saturated heterocycles. The predicted octanol–water partition coefficient (Wildman–Crippen LogP) is 1.27. The van der Waals surface area contributed by atoms with Crippen LogP contribution in [0.5, 0.6) is 0 Å². The molecule has 72 valence electrons. The Morgan fingerprint density at radius 2 is 2.31 bits per heavy atom. The van der Waals surface area contributed by atoms with Crippen molar-refractivity contribution in [2.45, 2.75) is 17.4 Å². The van der Waals surface area contributed by atoms with Crippen LogP contribution >= 0.6 is 23.5 Å². The standard InChI is InChI=1S/C7H10N2O2S2/c1-4-5(13-3-2-12-4)6-8-7(10)11-9-6/h4-5H,2-3H2,1H3,(H,8,9,10). The van der Waals surface area contributed by atoms with Crippen molar-refractivity contribution in [3.63, 3.8) is 0 Å². The number of thioether (sulfide) groups is 2. The zero-order chi connectivity index (χ0) is 9.26. The summed E-state index contributed by atoms with van der Waals surface area (Å²) in [4.78, 5) is 13.3. The Bertz CT molecular complexity index is 335. The molecule has 2 unspecified atom stereocenters. The Hall–Kier alpha value is -0.360. The number of aromatic nitrogens is 2. The summed E-state index contributed by atoms with van der Waals surface area (Å²) in [5, 5.41) is 4.47. The third-order valence-corrected chi connectivity index (χ3v) is 5.01. The van der Waals surface area contributed by atoms with E-state index in [0.717, 1.165) is 5.75 Å². The molecule has 1 N–H and O–H groups in total. The minimum Gasteiger partial charge on any atom is -0.296 e. The molecule has 1 aromatic heterocycles. The van der Waals surface area contributed by atoms with E-state index >= 15 is 0 Å². The van der Waals surface area contributed by atoms with Crippen LogP contribution in [0.25, 0.3) is 0 Å². The molecule has 1 aliphatic rings. The van der Waals surface area contributed by atoms with E-state index < -0.39 is 5.76 Å². The smallest absolute Gasteiger partial charge is 0.296 e. The first-order chi connectivity index (χ1) is 6.27. The zero-order valence-corrected chi connectivity index (χ0v) is 8.78. The van der Waals surface area contributed by atoms with Crippen LogP contribution in [0.2, 0.25) is 0 Å². The second-order valence-corrected chi connectivity index (χ2v) is 5.58. The van der Waals surface area contributed by atoms with Crippen molar-refractivity contribution in [2.24, 2.45) is 0 Å². The van der Waals surface area contributed by atoms with Crippen LogP contribution in [-0.4, -0.2) is 26.9 Å². The highest BCUT2D eigenvalue weighted by Gasteiger charge is 2.27. The Kier molecular flexibility index (Phi) is 2.69. The van der Waals surface area contributed by atoms with E-state index in [-0.39, 0.29) is 5.25 Å². The quantitative estimate of drug-likeness (QED) is 0.769. The van der Waals surface area contributed by atoms with E-state index in [4.69, 9.17) is 0 Å². The Morgan fingerprint density at radius 1 is 1.54 bits per heavy atom. The molecule has 0 amide bonds. The van der Waals surface area contributed by atoms with Crippen LogP contribution in [0.1, 0.15) is 18.0 Å². The summed E-state index contributed by atoms with van der Waals surface area (Å²) in [7, 11) is 0. The van der Waals surface area contributed by atoms with Crippen molar-refractivity contribution in [1.82, 2.24) is 10.1 Å². The van der Waals surface area contributed by atoms with E-state index in [2.05, 4.69) is 21.6 Å². The third-order valence-electron chi connectivity index (χ3n) is 1.91. The largest absolute Gasteiger partial charge is 0.438 e. The predicted molar refractivity (Wildman–Crippen MR) is 54.2 cm³/mol. The lowest BCUT2D eigenvalue weighted by Gasteiger charge is -2.25. The molecule has 0 spiro atoms. The van der Waals surface area contributed by atoms with Crippen LogP contribution in [0.15, 0.2) is 9.32 Å². The molecule has 1 fully saturated rings. The average Bonchev–Trinajstić information content (AvgIpc) is 2.53. The lowest BCUT2D eigenvalue weighted by atomic mass is 10.3. The van der Waals surface area contributed by atoms with Crippen molar-refractivity contribution < 1.29 is 4.52 Å². The van der Waals surface area contributed by atoms with Crippen LogP contribution in [0, 0.1) is 0 Å². The van der Waals surface area contributed by atoms with Crippen molar-refractivity contribution in [3.8, 4) is 0 Å². The van der Waals surface area contributed by atoms with Crippen LogP contribution in [0.4, 0.5) is 0 Å². The first kappa shape index (κ1) is 9.21. The third kappa shape index (κ3) is 1.94. The fraction of sp³-hybridized carbons (Fsp3) is 0.714. The summed E-state index contributed by atoms with van der Waals surface area (Å²) >= 11 is 3.73. The van der Waals surface area contributed by atoms with Gasteiger partial charge in [0.1, 0.15) is 0 Å². The molecule has 0 radical (unpaired) electrons. The van der Waals surface area contributed by atoms with E-state index in [1.54, 1.807) is 0 Å².